The summed E-state index contributed by atoms with van der Waals surface area (Å²) in [5, 5.41) is 3.29. The van der Waals surface area contributed by atoms with Gasteiger partial charge in [0.15, 0.2) is 0 Å². The van der Waals surface area contributed by atoms with E-state index in [1.807, 2.05) is 6.92 Å². The van der Waals surface area contributed by atoms with Gasteiger partial charge < -0.3 is 5.32 Å². The van der Waals surface area contributed by atoms with Crippen molar-refractivity contribution < 1.29 is 13.2 Å². The smallest absolute Gasteiger partial charge is 0.382 e. The van der Waals surface area contributed by atoms with Crippen molar-refractivity contribution in [3.05, 3.63) is 29.3 Å². The molecule has 0 aliphatic carbocycles. The van der Waals surface area contributed by atoms with E-state index in [4.69, 9.17) is 0 Å². The Bertz CT molecular complexity index is 412. The highest BCUT2D eigenvalue weighted by Crippen LogP contribution is 2.39. The first kappa shape index (κ1) is 12.3. The van der Waals surface area contributed by atoms with Crippen molar-refractivity contribution in [3.63, 3.8) is 0 Å². The molecule has 17 heavy (non-hydrogen) atoms. The van der Waals surface area contributed by atoms with Crippen LogP contribution in [0.2, 0.25) is 0 Å². The molecule has 0 spiro atoms. The lowest BCUT2D eigenvalue weighted by Crippen LogP contribution is -2.26. The summed E-state index contributed by atoms with van der Waals surface area (Å²) < 4.78 is 37.8. The van der Waals surface area contributed by atoms with Crippen molar-refractivity contribution >= 4 is 5.69 Å². The fraction of sp³-hybridized carbons (Fsp3) is 0.538. The molecule has 1 N–H and O–H groups in total. The monoisotopic (exact) mass is 243 g/mol. The maximum atomic E-state index is 12.6. The molecule has 0 radical (unpaired) electrons. The van der Waals surface area contributed by atoms with Gasteiger partial charge >= 0.3 is 6.18 Å². The quantitative estimate of drug-likeness (QED) is 0.770. The zero-order valence-corrected chi connectivity index (χ0v) is 9.93. The van der Waals surface area contributed by atoms with Crippen LogP contribution < -0.4 is 5.32 Å². The lowest BCUT2D eigenvalue weighted by molar-refractivity contribution is -0.137. The summed E-state index contributed by atoms with van der Waals surface area (Å²) >= 11 is 0. The van der Waals surface area contributed by atoms with E-state index in [2.05, 4.69) is 12.2 Å². The van der Waals surface area contributed by atoms with E-state index in [1.165, 1.54) is 6.07 Å². The van der Waals surface area contributed by atoms with Crippen molar-refractivity contribution in [2.24, 2.45) is 0 Å². The number of hydrogen-bond acceptors (Lipinski definition) is 1. The van der Waals surface area contributed by atoms with Gasteiger partial charge in [-0.2, -0.15) is 13.2 Å². The lowest BCUT2D eigenvalue weighted by atomic mass is 9.86. The summed E-state index contributed by atoms with van der Waals surface area (Å²) in [6.45, 7) is 4.07. The van der Waals surface area contributed by atoms with Gasteiger partial charge in [-0.15, -0.1) is 0 Å². The average molecular weight is 243 g/mol. The zero-order chi connectivity index (χ0) is 12.6. The molecule has 0 bridgehead atoms. The van der Waals surface area contributed by atoms with Crippen LogP contribution in [0.1, 0.15) is 43.7 Å². The molecule has 0 saturated heterocycles. The predicted octanol–water partition coefficient (Wildman–Crippen LogP) is 4.40. The van der Waals surface area contributed by atoms with Crippen molar-refractivity contribution in [1.29, 1.82) is 0 Å². The Balaban J connectivity index is 2.37. The Labute approximate surface area is 99.0 Å². The Kier molecular flexibility index (Phi) is 3.06. The van der Waals surface area contributed by atoms with Gasteiger partial charge in [0, 0.05) is 11.7 Å². The van der Waals surface area contributed by atoms with Crippen LogP contribution in [0.15, 0.2) is 18.2 Å². The minimum Gasteiger partial charge on any atom is -0.382 e. The van der Waals surface area contributed by atoms with Crippen molar-refractivity contribution in [3.8, 4) is 0 Å². The van der Waals surface area contributed by atoms with Crippen LogP contribution in [0.25, 0.3) is 0 Å². The number of fused-ring (bicyclic) bond motifs is 1. The molecule has 1 aliphatic rings. The third-order valence-electron chi connectivity index (χ3n) is 3.40. The van der Waals surface area contributed by atoms with Gasteiger partial charge in [-0.3, -0.25) is 0 Å². The minimum absolute atomic E-state index is 0.179. The molecule has 1 aromatic carbocycles. The van der Waals surface area contributed by atoms with Gasteiger partial charge in [0.2, 0.25) is 0 Å². The Morgan fingerprint density at radius 2 is 2.06 bits per heavy atom. The summed E-state index contributed by atoms with van der Waals surface area (Å²) in [4.78, 5) is 0. The van der Waals surface area contributed by atoms with Gasteiger partial charge in [0.25, 0.3) is 0 Å². The molecule has 4 heteroatoms. The summed E-state index contributed by atoms with van der Waals surface area (Å²) in [5.74, 6) is 0.179. The highest BCUT2D eigenvalue weighted by molar-refractivity contribution is 5.57. The van der Waals surface area contributed by atoms with Gasteiger partial charge in [0.05, 0.1) is 5.56 Å². The van der Waals surface area contributed by atoms with E-state index in [1.54, 1.807) is 6.07 Å². The number of benzene rings is 1. The Hall–Kier alpha value is -1.19. The number of nitrogens with one attached hydrogen (secondary N) is 1. The molecular weight excluding hydrogens is 227 g/mol. The van der Waals surface area contributed by atoms with Crippen LogP contribution in [-0.4, -0.2) is 6.04 Å². The Morgan fingerprint density at radius 1 is 1.35 bits per heavy atom. The topological polar surface area (TPSA) is 12.0 Å². The van der Waals surface area contributed by atoms with Gasteiger partial charge in [-0.05, 0) is 42.5 Å². The summed E-state index contributed by atoms with van der Waals surface area (Å²) in [6, 6.07) is 4.35. The maximum absolute atomic E-state index is 12.6. The standard InChI is InChI=1S/C13H16F3N/c1-3-10-6-8(2)11-7-9(13(14,15)16)4-5-12(11)17-10/h4-5,7-8,10,17H,3,6H2,1-2H3. The zero-order valence-electron chi connectivity index (χ0n) is 9.93. The van der Waals surface area contributed by atoms with Crippen LogP contribution in [0.3, 0.4) is 0 Å². The van der Waals surface area contributed by atoms with E-state index >= 15 is 0 Å². The second-order valence-corrected chi connectivity index (χ2v) is 4.69. The second kappa shape index (κ2) is 4.24. The number of rotatable bonds is 1. The Morgan fingerprint density at radius 3 is 2.65 bits per heavy atom. The van der Waals surface area contributed by atoms with E-state index in [0.717, 1.165) is 30.2 Å². The summed E-state index contributed by atoms with van der Waals surface area (Å²) in [7, 11) is 0. The maximum Gasteiger partial charge on any atom is 0.416 e. The van der Waals surface area contributed by atoms with Crippen molar-refractivity contribution in [1.82, 2.24) is 0 Å². The minimum atomic E-state index is -4.25. The molecule has 0 aromatic heterocycles. The molecule has 0 saturated carbocycles. The predicted molar refractivity (Wildman–Crippen MR) is 62.2 cm³/mol. The number of hydrogen-bond donors (Lipinski definition) is 1. The molecule has 1 aliphatic heterocycles. The van der Waals surface area contributed by atoms with Crippen LogP contribution in [-0.2, 0) is 6.18 Å². The lowest BCUT2D eigenvalue weighted by Gasteiger charge is -2.31. The number of alkyl halides is 3. The summed E-state index contributed by atoms with van der Waals surface area (Å²) in [5.41, 5.74) is 1.08. The first-order chi connectivity index (χ1) is 7.91. The van der Waals surface area contributed by atoms with Gasteiger partial charge in [-0.1, -0.05) is 13.8 Å². The number of anilines is 1. The van der Waals surface area contributed by atoms with E-state index in [-0.39, 0.29) is 5.92 Å². The SMILES string of the molecule is CCC1CC(C)c2cc(C(F)(F)F)ccc2N1. The highest BCUT2D eigenvalue weighted by Gasteiger charge is 2.32. The van der Waals surface area contributed by atoms with Crippen molar-refractivity contribution in [2.45, 2.75) is 44.8 Å². The molecule has 2 atom stereocenters. The largest absolute Gasteiger partial charge is 0.416 e. The van der Waals surface area contributed by atoms with Crippen LogP contribution in [0.5, 0.6) is 0 Å². The van der Waals surface area contributed by atoms with Crippen LogP contribution in [0.4, 0.5) is 18.9 Å². The molecule has 2 unspecified atom stereocenters. The fourth-order valence-corrected chi connectivity index (χ4v) is 2.38. The van der Waals surface area contributed by atoms with E-state index < -0.39 is 11.7 Å². The van der Waals surface area contributed by atoms with Gasteiger partial charge in [0.1, 0.15) is 0 Å². The van der Waals surface area contributed by atoms with Crippen LogP contribution in [0, 0.1) is 0 Å². The normalized spacial score (nSPS) is 24.1. The third-order valence-corrected chi connectivity index (χ3v) is 3.40. The highest BCUT2D eigenvalue weighted by atomic mass is 19.4. The molecular formula is C13H16F3N. The van der Waals surface area contributed by atoms with Crippen molar-refractivity contribution in [2.75, 3.05) is 5.32 Å². The fourth-order valence-electron chi connectivity index (χ4n) is 2.38. The molecule has 1 nitrogen and oxygen atoms in total. The third kappa shape index (κ3) is 2.40. The first-order valence-electron chi connectivity index (χ1n) is 5.89. The molecule has 94 valence electrons. The molecule has 2 rings (SSSR count). The molecule has 1 aromatic rings. The average Bonchev–Trinajstić information content (AvgIpc) is 2.27. The molecule has 1 heterocycles. The van der Waals surface area contributed by atoms with Gasteiger partial charge in [-0.25, -0.2) is 0 Å². The number of halogens is 3. The molecule has 0 fully saturated rings. The summed E-state index contributed by atoms with van der Waals surface area (Å²) in [6.07, 6.45) is -2.37. The van der Waals surface area contributed by atoms with E-state index in [9.17, 15) is 13.2 Å². The molecule has 0 amide bonds. The second-order valence-electron chi connectivity index (χ2n) is 4.69. The first-order valence-corrected chi connectivity index (χ1v) is 5.89. The van der Waals surface area contributed by atoms with Crippen LogP contribution >= 0.6 is 0 Å². The van der Waals surface area contributed by atoms with E-state index in [0.29, 0.717) is 6.04 Å².